The Bertz CT molecular complexity index is 105. The quantitative estimate of drug-likeness (QED) is 0.475. The lowest BCUT2D eigenvalue weighted by atomic mass is 10.3. The van der Waals surface area contributed by atoms with Gasteiger partial charge in [-0.3, -0.25) is 4.79 Å². The molecule has 0 heterocycles. The van der Waals surface area contributed by atoms with Crippen molar-refractivity contribution in [2.45, 2.75) is 13.8 Å². The van der Waals surface area contributed by atoms with Crippen molar-refractivity contribution in [3.8, 4) is 0 Å². The molecule has 0 unspecified atom stereocenters. The number of rotatable bonds is 1. The summed E-state index contributed by atoms with van der Waals surface area (Å²) in [7, 11) is 0. The van der Waals surface area contributed by atoms with Gasteiger partial charge in [0.1, 0.15) is 0 Å². The van der Waals surface area contributed by atoms with Crippen molar-refractivity contribution in [1.82, 2.24) is 0 Å². The van der Waals surface area contributed by atoms with Gasteiger partial charge in [-0.2, -0.15) is 0 Å². The monoisotopic (exact) mass is 115 g/mol. The molecule has 0 N–H and O–H groups in total. The largest absolute Gasteiger partial charge is 0.277 e. The van der Waals surface area contributed by atoms with E-state index in [4.69, 9.17) is 0 Å². The average Bonchev–Trinajstić information content (AvgIpc) is 1.65. The Morgan fingerprint density at radius 1 is 1.71 bits per heavy atom. The van der Waals surface area contributed by atoms with Gasteiger partial charge in [-0.1, -0.05) is 6.08 Å². The van der Waals surface area contributed by atoms with Gasteiger partial charge in [-0.05, 0) is 26.5 Å². The van der Waals surface area contributed by atoms with Crippen molar-refractivity contribution >= 4 is 17.7 Å². The van der Waals surface area contributed by atoms with Crippen LogP contribution in [0.25, 0.3) is 0 Å². The molecule has 39 valence electrons. The lowest BCUT2D eigenvalue weighted by Gasteiger charge is -1.82. The van der Waals surface area contributed by atoms with E-state index in [0.717, 1.165) is 0 Å². The van der Waals surface area contributed by atoms with Crippen LogP contribution in [0.2, 0.25) is 0 Å². The van der Waals surface area contributed by atoms with Gasteiger partial charge in [-0.25, -0.2) is 0 Å². The molecule has 0 rings (SSSR count). The Labute approximate surface area is 48.8 Å². The third-order valence-electron chi connectivity index (χ3n) is 0.755. The molecular weight excluding hydrogens is 108 g/mol. The van der Waals surface area contributed by atoms with Crippen molar-refractivity contribution in [3.63, 3.8) is 0 Å². The number of hydrogen-bond acceptors (Lipinski definition) is 1. The maximum Gasteiger partial charge on any atom is 0.244 e. The molecule has 0 aliphatic heterocycles. The standard InChI is InChI=1S/C5H7OS/c1-3-4(2)5(6)7/h3H,1-2H3. The number of hydrogen-bond donors (Lipinski definition) is 0. The predicted octanol–water partition coefficient (Wildman–Crippen LogP) is 1.68. The van der Waals surface area contributed by atoms with E-state index >= 15 is 0 Å². The first-order valence-corrected chi connectivity index (χ1v) is 2.43. The molecule has 0 saturated carbocycles. The van der Waals surface area contributed by atoms with Crippen LogP contribution in [-0.2, 0) is 4.79 Å². The van der Waals surface area contributed by atoms with Gasteiger partial charge in [0.15, 0.2) is 0 Å². The second kappa shape index (κ2) is 2.75. The SMILES string of the molecule is CC=C(C)C(=O)[S]. The molecule has 0 fully saturated rings. The molecule has 2 heteroatoms. The van der Waals surface area contributed by atoms with Gasteiger partial charge in [0.25, 0.3) is 0 Å². The highest BCUT2D eigenvalue weighted by molar-refractivity contribution is 7.97. The average molecular weight is 115 g/mol. The third kappa shape index (κ3) is 2.34. The van der Waals surface area contributed by atoms with E-state index in [9.17, 15) is 4.79 Å². The fraction of sp³-hybridized carbons (Fsp3) is 0.400. The minimum absolute atomic E-state index is 0.262. The molecule has 0 saturated heterocycles. The minimum atomic E-state index is -0.262. The lowest BCUT2D eigenvalue weighted by molar-refractivity contribution is -0.107. The zero-order valence-electron chi connectivity index (χ0n) is 4.39. The summed E-state index contributed by atoms with van der Waals surface area (Å²) < 4.78 is 0. The van der Waals surface area contributed by atoms with Crippen LogP contribution in [0.15, 0.2) is 11.6 Å². The molecule has 0 amide bonds. The third-order valence-corrected chi connectivity index (χ3v) is 1.08. The molecule has 0 spiro atoms. The number of carbonyl (C=O) groups excluding carboxylic acids is 1. The molecule has 1 radical (unpaired) electrons. The van der Waals surface area contributed by atoms with Gasteiger partial charge in [0.05, 0.1) is 0 Å². The molecule has 1 nitrogen and oxygen atoms in total. The topological polar surface area (TPSA) is 17.1 Å². The Hall–Kier alpha value is -0.370. The first-order valence-electron chi connectivity index (χ1n) is 2.02. The Morgan fingerprint density at radius 2 is 2.14 bits per heavy atom. The molecule has 0 atom stereocenters. The molecule has 0 aromatic carbocycles. The molecule has 0 aromatic rings. The number of allylic oxidation sites excluding steroid dienone is 1. The fourth-order valence-corrected chi connectivity index (χ4v) is 0.236. The maximum atomic E-state index is 10.1. The van der Waals surface area contributed by atoms with Gasteiger partial charge in [0, 0.05) is 5.57 Å². The smallest absolute Gasteiger partial charge is 0.244 e. The zero-order valence-corrected chi connectivity index (χ0v) is 5.21. The van der Waals surface area contributed by atoms with Crippen LogP contribution in [0.4, 0.5) is 0 Å². The van der Waals surface area contributed by atoms with Gasteiger partial charge >= 0.3 is 0 Å². The van der Waals surface area contributed by atoms with E-state index in [1.165, 1.54) is 0 Å². The lowest BCUT2D eigenvalue weighted by Crippen LogP contribution is -1.84. The summed E-state index contributed by atoms with van der Waals surface area (Å²) in [5.41, 5.74) is 0.648. The highest BCUT2D eigenvalue weighted by Gasteiger charge is 1.92. The van der Waals surface area contributed by atoms with Crippen LogP contribution in [0.5, 0.6) is 0 Å². The van der Waals surface area contributed by atoms with E-state index in [1.54, 1.807) is 19.9 Å². The van der Waals surface area contributed by atoms with E-state index in [0.29, 0.717) is 5.57 Å². The van der Waals surface area contributed by atoms with Crippen molar-refractivity contribution in [3.05, 3.63) is 11.6 Å². The van der Waals surface area contributed by atoms with Gasteiger partial charge in [0.2, 0.25) is 5.12 Å². The second-order valence-electron chi connectivity index (χ2n) is 1.26. The van der Waals surface area contributed by atoms with Crippen LogP contribution in [0.3, 0.4) is 0 Å². The van der Waals surface area contributed by atoms with E-state index in [-0.39, 0.29) is 5.12 Å². The summed E-state index contributed by atoms with van der Waals surface area (Å²) in [6.45, 7) is 3.49. The van der Waals surface area contributed by atoms with Crippen LogP contribution in [0, 0.1) is 0 Å². The molecule has 0 bridgehead atoms. The van der Waals surface area contributed by atoms with Crippen LogP contribution in [0.1, 0.15) is 13.8 Å². The second-order valence-corrected chi connectivity index (χ2v) is 1.63. The van der Waals surface area contributed by atoms with Crippen molar-refractivity contribution < 1.29 is 4.79 Å². The van der Waals surface area contributed by atoms with Gasteiger partial charge < -0.3 is 0 Å². The molecule has 0 aromatic heterocycles. The van der Waals surface area contributed by atoms with Crippen molar-refractivity contribution in [2.24, 2.45) is 0 Å². The van der Waals surface area contributed by atoms with Gasteiger partial charge in [-0.15, -0.1) is 0 Å². The minimum Gasteiger partial charge on any atom is -0.277 e. The van der Waals surface area contributed by atoms with Crippen molar-refractivity contribution in [2.75, 3.05) is 0 Å². The molecular formula is C5H7OS. The predicted molar refractivity (Wildman–Crippen MR) is 32.0 cm³/mol. The Morgan fingerprint density at radius 3 is 2.14 bits per heavy atom. The highest BCUT2D eigenvalue weighted by Crippen LogP contribution is 1.95. The Kier molecular flexibility index (Phi) is 2.60. The summed E-state index contributed by atoms with van der Waals surface area (Å²) in [4.78, 5) is 10.1. The fourth-order valence-electron chi connectivity index (χ4n) is 0.118. The highest BCUT2D eigenvalue weighted by atomic mass is 32.1. The van der Waals surface area contributed by atoms with E-state index in [2.05, 4.69) is 12.6 Å². The maximum absolute atomic E-state index is 10.1. The summed E-state index contributed by atoms with van der Waals surface area (Å²) in [5.74, 6) is 0. The summed E-state index contributed by atoms with van der Waals surface area (Å²) in [5, 5.41) is -0.262. The molecule has 0 aliphatic rings. The zero-order chi connectivity index (χ0) is 5.86. The summed E-state index contributed by atoms with van der Waals surface area (Å²) in [6.07, 6.45) is 1.70. The van der Waals surface area contributed by atoms with E-state index in [1.807, 2.05) is 0 Å². The molecule has 0 aliphatic carbocycles. The summed E-state index contributed by atoms with van der Waals surface area (Å²) >= 11 is 4.29. The summed E-state index contributed by atoms with van der Waals surface area (Å²) in [6, 6.07) is 0. The van der Waals surface area contributed by atoms with Crippen LogP contribution in [-0.4, -0.2) is 5.12 Å². The first-order chi connectivity index (χ1) is 3.18. The van der Waals surface area contributed by atoms with Crippen LogP contribution < -0.4 is 0 Å². The Balaban J connectivity index is 3.82. The normalized spacial score (nSPS) is 11.4. The molecule has 7 heavy (non-hydrogen) atoms. The van der Waals surface area contributed by atoms with Crippen LogP contribution >= 0.6 is 12.6 Å². The van der Waals surface area contributed by atoms with E-state index < -0.39 is 0 Å². The first kappa shape index (κ1) is 6.63. The van der Waals surface area contributed by atoms with Crippen molar-refractivity contribution in [1.29, 1.82) is 0 Å². The number of carbonyl (C=O) groups is 1.